The first-order valence-corrected chi connectivity index (χ1v) is 14.6. The van der Waals surface area contributed by atoms with Crippen molar-refractivity contribution in [2.75, 3.05) is 31.1 Å². The molecule has 0 unspecified atom stereocenters. The van der Waals surface area contributed by atoms with Crippen LogP contribution in [0.1, 0.15) is 70.2 Å². The van der Waals surface area contributed by atoms with Crippen molar-refractivity contribution in [3.05, 3.63) is 64.9 Å². The molecule has 1 fully saturated rings. The zero-order valence-corrected chi connectivity index (χ0v) is 23.4. The minimum Gasteiger partial charge on any atom is -0.339 e. The van der Waals surface area contributed by atoms with E-state index in [9.17, 15) is 13.2 Å². The third kappa shape index (κ3) is 8.27. The van der Waals surface area contributed by atoms with E-state index in [0.29, 0.717) is 18.5 Å². The molecule has 2 aliphatic rings. The van der Waals surface area contributed by atoms with Crippen LogP contribution < -0.4 is 5.32 Å². The molecule has 0 aromatic carbocycles. The molecule has 9 heteroatoms. The molecule has 1 aromatic rings. The van der Waals surface area contributed by atoms with Gasteiger partial charge in [-0.05, 0) is 54.4 Å². The highest BCUT2D eigenvalue weighted by Gasteiger charge is 2.29. The molecule has 37 heavy (non-hydrogen) atoms. The predicted octanol–water partition coefficient (Wildman–Crippen LogP) is 4.29. The summed E-state index contributed by atoms with van der Waals surface area (Å²) in [5, 5.41) is 11.6. The Labute approximate surface area is 221 Å². The zero-order chi connectivity index (χ0) is 27.3. The fourth-order valence-electron chi connectivity index (χ4n) is 4.63. The second kappa shape index (κ2) is 11.6. The monoisotopic (exact) mass is 525 g/mol. The third-order valence-electron chi connectivity index (χ3n) is 7.18. The van der Waals surface area contributed by atoms with Crippen molar-refractivity contribution in [3.63, 3.8) is 0 Å². The first kappa shape index (κ1) is 28.6. The third-order valence-corrected chi connectivity index (χ3v) is 8.79. The van der Waals surface area contributed by atoms with E-state index >= 15 is 0 Å². The summed E-state index contributed by atoms with van der Waals surface area (Å²) in [6.07, 6.45) is 14.6. The molecule has 0 bridgehead atoms. The summed E-state index contributed by atoms with van der Waals surface area (Å²) < 4.78 is 23.8. The van der Waals surface area contributed by atoms with Crippen molar-refractivity contribution >= 4 is 15.7 Å². The Morgan fingerprint density at radius 3 is 2.62 bits per heavy atom. The predicted molar refractivity (Wildman–Crippen MR) is 146 cm³/mol. The largest absolute Gasteiger partial charge is 0.339 e. The molecule has 1 amide bonds. The van der Waals surface area contributed by atoms with E-state index in [1.54, 1.807) is 12.3 Å². The van der Waals surface area contributed by atoms with Crippen LogP contribution in [0.5, 0.6) is 0 Å². The van der Waals surface area contributed by atoms with E-state index in [0.717, 1.165) is 31.4 Å². The maximum atomic E-state index is 12.3. The Hall–Kier alpha value is -2.96. The lowest BCUT2D eigenvalue weighted by atomic mass is 9.76. The molecular weight excluding hydrogens is 486 g/mol. The highest BCUT2D eigenvalue weighted by atomic mass is 32.2. The molecule has 1 aliphatic heterocycles. The smallest absolute Gasteiger partial charge is 0.291 e. The van der Waals surface area contributed by atoms with Gasteiger partial charge in [-0.25, -0.2) is 13.4 Å². The molecule has 0 radical (unpaired) electrons. The van der Waals surface area contributed by atoms with E-state index in [-0.39, 0.29) is 28.4 Å². The van der Waals surface area contributed by atoms with Gasteiger partial charge >= 0.3 is 0 Å². The number of nitrogens with zero attached hydrogens (tertiary/aromatic N) is 3. The molecule has 3 rings (SSSR count). The summed E-state index contributed by atoms with van der Waals surface area (Å²) in [4.78, 5) is 21.1. The Bertz CT molecular complexity index is 1260. The normalized spacial score (nSPS) is 20.9. The molecule has 1 aromatic heterocycles. The molecular formula is C28H39N5O3S. The van der Waals surface area contributed by atoms with Gasteiger partial charge in [0, 0.05) is 37.4 Å². The fourth-order valence-corrected chi connectivity index (χ4v) is 5.90. The van der Waals surface area contributed by atoms with Crippen molar-refractivity contribution < 1.29 is 13.2 Å². The van der Waals surface area contributed by atoms with E-state index < -0.39 is 15.7 Å². The van der Waals surface area contributed by atoms with Crippen LogP contribution >= 0.6 is 0 Å². The van der Waals surface area contributed by atoms with Gasteiger partial charge in [-0.2, -0.15) is 5.26 Å². The number of imidazole rings is 1. The Balaban J connectivity index is 1.80. The number of nitriles is 1. The second-order valence-electron chi connectivity index (χ2n) is 11.4. The van der Waals surface area contributed by atoms with E-state index in [2.05, 4.69) is 67.0 Å². The van der Waals surface area contributed by atoms with Gasteiger partial charge in [0.05, 0.1) is 11.5 Å². The number of nitrogens with one attached hydrogen (secondary N) is 2. The van der Waals surface area contributed by atoms with Gasteiger partial charge in [0.25, 0.3) is 5.91 Å². The van der Waals surface area contributed by atoms with Crippen molar-refractivity contribution in [1.29, 1.82) is 5.26 Å². The molecule has 2 heterocycles. The minimum absolute atomic E-state index is 0.0775. The van der Waals surface area contributed by atoms with Crippen molar-refractivity contribution in [3.8, 4) is 6.07 Å². The minimum atomic E-state index is -2.94. The van der Waals surface area contributed by atoms with Crippen LogP contribution in [-0.2, 0) is 9.84 Å². The number of hydrogen-bond donors (Lipinski definition) is 2. The molecule has 0 saturated carbocycles. The Morgan fingerprint density at radius 1 is 1.32 bits per heavy atom. The van der Waals surface area contributed by atoms with Gasteiger partial charge < -0.3 is 15.2 Å². The topological polar surface area (TPSA) is 119 Å². The standard InChI is InChI=1S/C28H39N5O3S/c1-21(22-8-10-27(2,3)11-9-22)17-23(28(4,5)20-33-13-15-37(35,36)16-14-33)7-6-12-30-26(34)25-31-19-24(18-29)32-25/h6-8,12,17,19H,9-11,13-16,20H2,1-5H3,(H,30,34)(H,31,32)/b12-6+,21-17+,23-7+. The van der Waals surface area contributed by atoms with E-state index in [4.69, 9.17) is 5.26 Å². The summed E-state index contributed by atoms with van der Waals surface area (Å²) in [5.74, 6) is 0.0505. The van der Waals surface area contributed by atoms with E-state index in [1.165, 1.54) is 17.3 Å². The highest BCUT2D eigenvalue weighted by molar-refractivity contribution is 7.91. The summed E-state index contributed by atoms with van der Waals surface area (Å²) in [7, 11) is -2.94. The summed E-state index contributed by atoms with van der Waals surface area (Å²) in [5.41, 5.74) is 3.93. The number of sulfone groups is 1. The number of allylic oxidation sites excluding steroid dienone is 6. The lowest BCUT2D eigenvalue weighted by Gasteiger charge is -2.36. The van der Waals surface area contributed by atoms with Gasteiger partial charge in [-0.3, -0.25) is 4.79 Å². The average Bonchev–Trinajstić information content (AvgIpc) is 3.31. The first-order chi connectivity index (χ1) is 17.3. The molecule has 8 nitrogen and oxygen atoms in total. The summed E-state index contributed by atoms with van der Waals surface area (Å²) in [6.45, 7) is 12.9. The van der Waals surface area contributed by atoms with Crippen molar-refractivity contribution in [2.45, 2.75) is 53.9 Å². The number of hydrogen-bond acceptors (Lipinski definition) is 6. The maximum absolute atomic E-state index is 12.3. The molecule has 2 N–H and O–H groups in total. The fraction of sp³-hybridized carbons (Fsp3) is 0.536. The number of carbonyl (C=O) groups is 1. The number of amides is 1. The van der Waals surface area contributed by atoms with Crippen LogP contribution in [0.2, 0.25) is 0 Å². The zero-order valence-electron chi connectivity index (χ0n) is 22.6. The molecule has 1 saturated heterocycles. The number of H-pyrrole nitrogens is 1. The van der Waals surface area contributed by atoms with Gasteiger partial charge in [-0.15, -0.1) is 0 Å². The second-order valence-corrected chi connectivity index (χ2v) is 13.7. The number of aromatic amines is 1. The molecule has 200 valence electrons. The highest BCUT2D eigenvalue weighted by Crippen LogP contribution is 2.38. The van der Waals surface area contributed by atoms with Gasteiger partial charge in [0.15, 0.2) is 21.4 Å². The SMILES string of the molecule is C\C(=C/C(=C\C=C\NC(=O)c1nc(C#N)c[nH]1)C(C)(C)CN1CCS(=O)(=O)CC1)C1=CCC(C)(C)CC1. The number of aromatic nitrogens is 2. The first-order valence-electron chi connectivity index (χ1n) is 12.7. The van der Waals surface area contributed by atoms with Crippen LogP contribution in [0, 0.1) is 22.2 Å². The van der Waals surface area contributed by atoms with Crippen LogP contribution in [0.4, 0.5) is 0 Å². The summed E-state index contributed by atoms with van der Waals surface area (Å²) >= 11 is 0. The van der Waals surface area contributed by atoms with Crippen molar-refractivity contribution in [1.82, 2.24) is 20.2 Å². The molecule has 0 atom stereocenters. The van der Waals surface area contributed by atoms with Crippen LogP contribution in [0.25, 0.3) is 0 Å². The summed E-state index contributed by atoms with van der Waals surface area (Å²) in [6, 6.07) is 1.89. The van der Waals surface area contributed by atoms with Gasteiger partial charge in [0.2, 0.25) is 0 Å². The molecule has 0 spiro atoms. The average molecular weight is 526 g/mol. The lowest BCUT2D eigenvalue weighted by molar-refractivity contribution is 0.0961. The van der Waals surface area contributed by atoms with Gasteiger partial charge in [0.1, 0.15) is 6.07 Å². The number of rotatable bonds is 8. The van der Waals surface area contributed by atoms with Crippen LogP contribution in [-0.4, -0.2) is 60.3 Å². The number of carbonyl (C=O) groups excluding carboxylic acids is 1. The van der Waals surface area contributed by atoms with Crippen molar-refractivity contribution in [2.24, 2.45) is 10.8 Å². The van der Waals surface area contributed by atoms with Crippen LogP contribution in [0.15, 0.2) is 53.4 Å². The lowest BCUT2D eigenvalue weighted by Crippen LogP contribution is -2.44. The quantitative estimate of drug-likeness (QED) is 0.489. The van der Waals surface area contributed by atoms with Crippen LogP contribution in [0.3, 0.4) is 0 Å². The maximum Gasteiger partial charge on any atom is 0.291 e. The Kier molecular flexibility index (Phi) is 8.98. The molecule has 1 aliphatic carbocycles. The van der Waals surface area contributed by atoms with E-state index in [1.807, 2.05) is 12.1 Å². The Morgan fingerprint density at radius 2 is 2.03 bits per heavy atom. The van der Waals surface area contributed by atoms with Gasteiger partial charge in [-0.1, -0.05) is 45.9 Å².